The van der Waals surface area contributed by atoms with Crippen molar-refractivity contribution in [3.8, 4) is 11.3 Å². The summed E-state index contributed by atoms with van der Waals surface area (Å²) in [6.45, 7) is 4.95. The minimum atomic E-state index is -1.11. The number of benzene rings is 3. The van der Waals surface area contributed by atoms with Crippen molar-refractivity contribution in [3.63, 3.8) is 0 Å². The van der Waals surface area contributed by atoms with Gasteiger partial charge in [0, 0.05) is 18.7 Å². The third-order valence-corrected chi connectivity index (χ3v) is 6.92. The zero-order chi connectivity index (χ0) is 25.1. The highest BCUT2D eigenvalue weighted by atomic mass is 16.2. The van der Waals surface area contributed by atoms with E-state index >= 15 is 0 Å². The molecular weight excluding hydrogens is 448 g/mol. The molecule has 0 radical (unpaired) electrons. The molecule has 1 aliphatic heterocycles. The molecule has 3 aromatic carbocycles. The fraction of sp³-hybridized carbons (Fsp3) is 0.233. The number of fused-ring (bicyclic) bond motifs is 1. The number of carbonyl (C=O) groups excluding carboxylic acids is 2. The molecule has 0 unspecified atom stereocenters. The topological polar surface area (TPSA) is 67.2 Å². The van der Waals surface area contributed by atoms with Gasteiger partial charge < -0.3 is 10.2 Å². The van der Waals surface area contributed by atoms with Crippen LogP contribution in [0.3, 0.4) is 0 Å². The third-order valence-electron chi connectivity index (χ3n) is 6.92. The standard InChI is InChI=1S/C30H30N4O2/c1-3-22-14-16-24(17-15-22)20-33-28(35)27-18-26(25-12-8-5-9-13-25)32-34(27)21-30(33,2)29(36)31-19-23-10-6-4-7-11-23/h4-18H,3,19-21H2,1-2H3,(H,31,36)/t30-/m1/s1. The van der Waals surface area contributed by atoms with Crippen LogP contribution in [-0.4, -0.2) is 32.0 Å². The van der Waals surface area contributed by atoms with Crippen LogP contribution in [-0.2, 0) is 30.8 Å². The number of hydrogen-bond donors (Lipinski definition) is 1. The minimum absolute atomic E-state index is 0.201. The van der Waals surface area contributed by atoms with E-state index in [2.05, 4.69) is 24.4 Å². The summed E-state index contributed by atoms with van der Waals surface area (Å²) in [6.07, 6.45) is 0.948. The van der Waals surface area contributed by atoms with Gasteiger partial charge in [-0.1, -0.05) is 91.9 Å². The first kappa shape index (κ1) is 23.5. The molecule has 0 fully saturated rings. The van der Waals surface area contributed by atoms with E-state index in [1.54, 1.807) is 9.58 Å². The van der Waals surface area contributed by atoms with E-state index in [4.69, 9.17) is 5.10 Å². The number of carbonyl (C=O) groups is 2. The van der Waals surface area contributed by atoms with E-state index in [-0.39, 0.29) is 18.4 Å². The van der Waals surface area contributed by atoms with Gasteiger partial charge in [0.05, 0.1) is 12.2 Å². The highest BCUT2D eigenvalue weighted by molar-refractivity contribution is 6.00. The van der Waals surface area contributed by atoms with Gasteiger partial charge in [-0.2, -0.15) is 5.10 Å². The molecule has 1 atom stereocenters. The van der Waals surface area contributed by atoms with E-state index < -0.39 is 5.54 Å². The van der Waals surface area contributed by atoms with Gasteiger partial charge >= 0.3 is 0 Å². The average Bonchev–Trinajstić information content (AvgIpc) is 3.35. The zero-order valence-electron chi connectivity index (χ0n) is 20.6. The molecule has 6 heteroatoms. The van der Waals surface area contributed by atoms with Crippen molar-refractivity contribution in [2.75, 3.05) is 0 Å². The Kier molecular flexibility index (Phi) is 6.42. The molecule has 6 nitrogen and oxygen atoms in total. The quantitative estimate of drug-likeness (QED) is 0.413. The second kappa shape index (κ2) is 9.82. The van der Waals surface area contributed by atoms with Crippen LogP contribution in [0.15, 0.2) is 91.0 Å². The molecular formula is C30H30N4O2. The Morgan fingerprint density at radius 3 is 2.22 bits per heavy atom. The highest BCUT2D eigenvalue weighted by Gasteiger charge is 2.47. The van der Waals surface area contributed by atoms with E-state index in [0.717, 1.165) is 28.8 Å². The summed E-state index contributed by atoms with van der Waals surface area (Å²) in [6, 6.07) is 29.6. The molecule has 0 saturated carbocycles. The summed E-state index contributed by atoms with van der Waals surface area (Å²) in [5, 5.41) is 7.78. The Balaban J connectivity index is 1.49. The van der Waals surface area contributed by atoms with E-state index in [0.29, 0.717) is 18.8 Å². The Morgan fingerprint density at radius 1 is 0.917 bits per heavy atom. The monoisotopic (exact) mass is 478 g/mol. The lowest BCUT2D eigenvalue weighted by atomic mass is 9.93. The highest BCUT2D eigenvalue weighted by Crippen LogP contribution is 2.31. The fourth-order valence-corrected chi connectivity index (χ4v) is 4.67. The largest absolute Gasteiger partial charge is 0.350 e. The molecule has 36 heavy (non-hydrogen) atoms. The molecule has 5 rings (SSSR count). The first-order valence-corrected chi connectivity index (χ1v) is 12.3. The van der Waals surface area contributed by atoms with Crippen LogP contribution in [0.25, 0.3) is 11.3 Å². The Morgan fingerprint density at radius 2 is 1.56 bits per heavy atom. The molecule has 1 aliphatic rings. The van der Waals surface area contributed by atoms with Crippen molar-refractivity contribution in [2.24, 2.45) is 0 Å². The van der Waals surface area contributed by atoms with Crippen molar-refractivity contribution in [3.05, 3.63) is 113 Å². The molecule has 1 N–H and O–H groups in total. The minimum Gasteiger partial charge on any atom is -0.350 e. The van der Waals surface area contributed by atoms with Gasteiger partial charge in [-0.05, 0) is 36.1 Å². The van der Waals surface area contributed by atoms with Crippen molar-refractivity contribution >= 4 is 11.8 Å². The smallest absolute Gasteiger partial charge is 0.273 e. The van der Waals surface area contributed by atoms with Crippen LogP contribution < -0.4 is 5.32 Å². The van der Waals surface area contributed by atoms with E-state index in [1.165, 1.54) is 5.56 Å². The lowest BCUT2D eigenvalue weighted by Crippen LogP contribution is -2.63. The second-order valence-corrected chi connectivity index (χ2v) is 9.44. The van der Waals surface area contributed by atoms with Gasteiger partial charge in [-0.25, -0.2) is 0 Å². The molecule has 0 saturated heterocycles. The van der Waals surface area contributed by atoms with Crippen molar-refractivity contribution in [1.82, 2.24) is 20.0 Å². The summed E-state index contributed by atoms with van der Waals surface area (Å²) < 4.78 is 1.68. The third kappa shape index (κ3) is 4.54. The van der Waals surface area contributed by atoms with Crippen molar-refractivity contribution in [1.29, 1.82) is 0 Å². The molecule has 0 spiro atoms. The molecule has 0 bridgehead atoms. The molecule has 182 valence electrons. The SMILES string of the molecule is CCc1ccc(CN2C(=O)c3cc(-c4ccccc4)nn3C[C@]2(C)C(=O)NCc2ccccc2)cc1. The maximum atomic E-state index is 13.9. The predicted octanol–water partition coefficient (Wildman–Crippen LogP) is 4.84. The first-order chi connectivity index (χ1) is 17.5. The molecule has 0 aliphatic carbocycles. The van der Waals surface area contributed by atoms with Gasteiger partial charge in [0.1, 0.15) is 11.2 Å². The summed E-state index contributed by atoms with van der Waals surface area (Å²) in [4.78, 5) is 29.2. The van der Waals surface area contributed by atoms with Crippen LogP contribution in [0.5, 0.6) is 0 Å². The van der Waals surface area contributed by atoms with Gasteiger partial charge in [0.2, 0.25) is 5.91 Å². The number of nitrogens with zero attached hydrogens (tertiary/aromatic N) is 3. The Bertz CT molecular complexity index is 1360. The first-order valence-electron chi connectivity index (χ1n) is 12.3. The van der Waals surface area contributed by atoms with Gasteiger partial charge in [-0.3, -0.25) is 14.3 Å². The molecule has 2 amide bonds. The number of rotatable bonds is 7. The van der Waals surface area contributed by atoms with Gasteiger partial charge in [0.15, 0.2) is 0 Å². The van der Waals surface area contributed by atoms with Crippen molar-refractivity contribution in [2.45, 2.75) is 45.4 Å². The van der Waals surface area contributed by atoms with Gasteiger partial charge in [-0.15, -0.1) is 0 Å². The molecule has 1 aromatic heterocycles. The van der Waals surface area contributed by atoms with Crippen molar-refractivity contribution < 1.29 is 9.59 Å². The fourth-order valence-electron chi connectivity index (χ4n) is 4.67. The second-order valence-electron chi connectivity index (χ2n) is 9.44. The Labute approximate surface area is 211 Å². The van der Waals surface area contributed by atoms with Crippen LogP contribution in [0.4, 0.5) is 0 Å². The summed E-state index contributed by atoms with van der Waals surface area (Å²) in [5.41, 5.74) is 4.26. The zero-order valence-corrected chi connectivity index (χ0v) is 20.6. The number of hydrogen-bond acceptors (Lipinski definition) is 3. The number of amides is 2. The summed E-state index contributed by atoms with van der Waals surface area (Å²) in [5.74, 6) is -0.403. The van der Waals surface area contributed by atoms with Crippen LogP contribution in [0, 0.1) is 0 Å². The lowest BCUT2D eigenvalue weighted by molar-refractivity contribution is -0.133. The van der Waals surface area contributed by atoms with Crippen LogP contribution >= 0.6 is 0 Å². The normalized spacial score (nSPS) is 17.1. The number of nitrogens with one attached hydrogen (secondary N) is 1. The van der Waals surface area contributed by atoms with Gasteiger partial charge in [0.25, 0.3) is 5.91 Å². The van der Waals surface area contributed by atoms with Crippen LogP contribution in [0.1, 0.15) is 41.0 Å². The summed E-state index contributed by atoms with van der Waals surface area (Å²) in [7, 11) is 0. The number of aryl methyl sites for hydroxylation is 1. The van der Waals surface area contributed by atoms with E-state index in [1.807, 2.05) is 85.8 Å². The lowest BCUT2D eigenvalue weighted by Gasteiger charge is -2.43. The van der Waals surface area contributed by atoms with Crippen LogP contribution in [0.2, 0.25) is 0 Å². The summed E-state index contributed by atoms with van der Waals surface area (Å²) >= 11 is 0. The average molecular weight is 479 g/mol. The van der Waals surface area contributed by atoms with E-state index in [9.17, 15) is 9.59 Å². The maximum absolute atomic E-state index is 13.9. The molecule has 2 heterocycles. The maximum Gasteiger partial charge on any atom is 0.273 e. The molecule has 4 aromatic rings. The number of aromatic nitrogens is 2. The Hall–Kier alpha value is -4.19. The predicted molar refractivity (Wildman–Crippen MR) is 140 cm³/mol.